The molecule has 0 aromatic heterocycles. The van der Waals surface area contributed by atoms with E-state index in [4.69, 9.17) is 0 Å². The number of likely N-dealkylation sites (N-methyl/N-ethyl adjacent to an activating group) is 1. The molecule has 0 aromatic carbocycles. The Labute approximate surface area is 125 Å². The highest BCUT2D eigenvalue weighted by atomic mass is 19.4. The van der Waals surface area contributed by atoms with Crippen molar-refractivity contribution in [1.29, 1.82) is 0 Å². The fraction of sp³-hybridized carbons (Fsp3) is 0.933. The third kappa shape index (κ3) is 5.49. The minimum Gasteiger partial charge on any atom is -0.347 e. The molecule has 1 rings (SSSR count). The van der Waals surface area contributed by atoms with Crippen LogP contribution in [0, 0.1) is 11.8 Å². The smallest absolute Gasteiger partial charge is 0.347 e. The average Bonchev–Trinajstić information content (AvgIpc) is 2.35. The van der Waals surface area contributed by atoms with Gasteiger partial charge in [-0.25, -0.2) is 0 Å². The number of nitrogens with zero attached hydrogens (tertiary/aromatic N) is 1. The standard InChI is InChI=1S/C15H27F3N2O/c1-10(2)9-13(14(21)20(3)4)19-12-8-6-5-7-11(12)15(16,17)18/h10-13,19H,5-9H2,1-4H3. The van der Waals surface area contributed by atoms with Gasteiger partial charge in [-0.15, -0.1) is 0 Å². The van der Waals surface area contributed by atoms with Crippen LogP contribution in [0.5, 0.6) is 0 Å². The Hall–Kier alpha value is -0.780. The van der Waals surface area contributed by atoms with Gasteiger partial charge >= 0.3 is 6.18 Å². The fourth-order valence-corrected chi connectivity index (χ4v) is 3.00. The van der Waals surface area contributed by atoms with Crippen molar-refractivity contribution in [1.82, 2.24) is 10.2 Å². The van der Waals surface area contributed by atoms with Gasteiger partial charge in [-0.2, -0.15) is 13.2 Å². The van der Waals surface area contributed by atoms with Crippen LogP contribution in [0.25, 0.3) is 0 Å². The summed E-state index contributed by atoms with van der Waals surface area (Å²) in [5.74, 6) is -1.23. The molecule has 0 heterocycles. The summed E-state index contributed by atoms with van der Waals surface area (Å²) in [6.07, 6.45) is -1.60. The van der Waals surface area contributed by atoms with Crippen LogP contribution in [0.3, 0.4) is 0 Å². The van der Waals surface area contributed by atoms with Gasteiger partial charge in [0.2, 0.25) is 5.91 Å². The van der Waals surface area contributed by atoms with Crippen molar-refractivity contribution in [3.05, 3.63) is 0 Å². The predicted octanol–water partition coefficient (Wildman–Crippen LogP) is 3.20. The first-order chi connectivity index (χ1) is 9.62. The SMILES string of the molecule is CC(C)CC(NC1CCCCC1C(F)(F)F)C(=O)N(C)C. The summed E-state index contributed by atoms with van der Waals surface area (Å²) in [5.41, 5.74) is 0. The largest absolute Gasteiger partial charge is 0.393 e. The number of rotatable bonds is 5. The zero-order valence-corrected chi connectivity index (χ0v) is 13.3. The lowest BCUT2D eigenvalue weighted by Crippen LogP contribution is -2.54. The van der Waals surface area contributed by atoms with Crippen LogP contribution in [0.1, 0.15) is 46.0 Å². The van der Waals surface area contributed by atoms with E-state index in [1.54, 1.807) is 14.1 Å². The highest BCUT2D eigenvalue weighted by Gasteiger charge is 2.46. The minimum atomic E-state index is -4.19. The molecular weight excluding hydrogens is 281 g/mol. The fourth-order valence-electron chi connectivity index (χ4n) is 3.00. The first-order valence-corrected chi connectivity index (χ1v) is 7.66. The van der Waals surface area contributed by atoms with Crippen molar-refractivity contribution in [3.8, 4) is 0 Å². The molecule has 1 amide bonds. The molecule has 1 saturated carbocycles. The Morgan fingerprint density at radius 1 is 1.24 bits per heavy atom. The maximum absolute atomic E-state index is 13.1. The van der Waals surface area contributed by atoms with E-state index in [9.17, 15) is 18.0 Å². The van der Waals surface area contributed by atoms with Crippen molar-refractivity contribution in [3.63, 3.8) is 0 Å². The van der Waals surface area contributed by atoms with E-state index in [2.05, 4.69) is 5.32 Å². The Kier molecular flexibility index (Phi) is 6.50. The third-order valence-electron chi connectivity index (χ3n) is 4.05. The van der Waals surface area contributed by atoms with Gasteiger partial charge in [0.15, 0.2) is 0 Å². The number of halogens is 3. The van der Waals surface area contributed by atoms with Gasteiger partial charge < -0.3 is 10.2 Å². The van der Waals surface area contributed by atoms with Gasteiger partial charge in [-0.3, -0.25) is 4.79 Å². The van der Waals surface area contributed by atoms with Gasteiger partial charge in [-0.05, 0) is 25.2 Å². The van der Waals surface area contributed by atoms with E-state index in [-0.39, 0.29) is 18.2 Å². The molecule has 3 unspecified atom stereocenters. The maximum atomic E-state index is 13.1. The number of carbonyl (C=O) groups excluding carboxylic acids is 1. The van der Waals surface area contributed by atoms with Crippen molar-refractivity contribution in [2.75, 3.05) is 14.1 Å². The molecule has 1 aliphatic rings. The molecule has 3 nitrogen and oxygen atoms in total. The number of alkyl halides is 3. The summed E-state index contributed by atoms with van der Waals surface area (Å²) in [4.78, 5) is 13.6. The van der Waals surface area contributed by atoms with Crippen molar-refractivity contribution in [2.24, 2.45) is 11.8 Å². The van der Waals surface area contributed by atoms with Gasteiger partial charge in [-0.1, -0.05) is 26.7 Å². The summed E-state index contributed by atoms with van der Waals surface area (Å²) in [6.45, 7) is 3.94. The average molecular weight is 308 g/mol. The first-order valence-electron chi connectivity index (χ1n) is 7.66. The number of hydrogen-bond donors (Lipinski definition) is 1. The molecular formula is C15H27F3N2O. The molecule has 21 heavy (non-hydrogen) atoms. The summed E-state index contributed by atoms with van der Waals surface area (Å²) < 4.78 is 39.4. The lowest BCUT2D eigenvalue weighted by molar-refractivity contribution is -0.190. The molecule has 124 valence electrons. The molecule has 0 bridgehead atoms. The van der Waals surface area contributed by atoms with Crippen LogP contribution in [0.4, 0.5) is 13.2 Å². The molecule has 1 fully saturated rings. The van der Waals surface area contributed by atoms with Crippen LogP contribution >= 0.6 is 0 Å². The molecule has 3 atom stereocenters. The predicted molar refractivity (Wildman–Crippen MR) is 76.9 cm³/mol. The summed E-state index contributed by atoms with van der Waals surface area (Å²) in [5, 5.41) is 3.01. The summed E-state index contributed by atoms with van der Waals surface area (Å²) in [7, 11) is 3.28. The summed E-state index contributed by atoms with van der Waals surface area (Å²) in [6, 6.07) is -1.18. The Morgan fingerprint density at radius 2 is 1.81 bits per heavy atom. The number of hydrogen-bond acceptors (Lipinski definition) is 2. The monoisotopic (exact) mass is 308 g/mol. The van der Waals surface area contributed by atoms with Crippen LogP contribution in [-0.4, -0.2) is 43.2 Å². The minimum absolute atomic E-state index is 0.143. The zero-order chi connectivity index (χ0) is 16.2. The topological polar surface area (TPSA) is 32.3 Å². The van der Waals surface area contributed by atoms with Gasteiger partial charge in [0, 0.05) is 20.1 Å². The number of carbonyl (C=O) groups is 1. The van der Waals surface area contributed by atoms with Gasteiger partial charge in [0.1, 0.15) is 0 Å². The van der Waals surface area contributed by atoms with Crippen molar-refractivity contribution >= 4 is 5.91 Å². The Balaban J connectivity index is 2.81. The number of amides is 1. The highest BCUT2D eigenvalue weighted by Crippen LogP contribution is 2.38. The first kappa shape index (κ1) is 18.3. The zero-order valence-electron chi connectivity index (χ0n) is 13.3. The molecule has 1 aliphatic carbocycles. The van der Waals surface area contributed by atoms with E-state index < -0.39 is 24.2 Å². The molecule has 6 heteroatoms. The van der Waals surface area contributed by atoms with E-state index in [0.29, 0.717) is 19.3 Å². The highest BCUT2D eigenvalue weighted by molar-refractivity contribution is 5.81. The van der Waals surface area contributed by atoms with Gasteiger partial charge in [0.25, 0.3) is 0 Å². The third-order valence-corrected chi connectivity index (χ3v) is 4.05. The van der Waals surface area contributed by atoms with Crippen molar-refractivity contribution in [2.45, 2.75) is 64.2 Å². The number of nitrogens with one attached hydrogen (secondary N) is 1. The Bertz CT molecular complexity index is 342. The van der Waals surface area contributed by atoms with E-state index in [1.165, 1.54) is 4.90 Å². The molecule has 0 saturated heterocycles. The molecule has 0 aromatic rings. The van der Waals surface area contributed by atoms with Gasteiger partial charge in [0.05, 0.1) is 12.0 Å². The van der Waals surface area contributed by atoms with Crippen LogP contribution in [-0.2, 0) is 4.79 Å². The van der Waals surface area contributed by atoms with Crippen LogP contribution in [0.2, 0.25) is 0 Å². The molecule has 0 aliphatic heterocycles. The van der Waals surface area contributed by atoms with Crippen LogP contribution in [0.15, 0.2) is 0 Å². The van der Waals surface area contributed by atoms with Crippen molar-refractivity contribution < 1.29 is 18.0 Å². The second-order valence-corrected chi connectivity index (χ2v) is 6.62. The van der Waals surface area contributed by atoms with Crippen LogP contribution < -0.4 is 5.32 Å². The van der Waals surface area contributed by atoms with E-state index in [0.717, 1.165) is 6.42 Å². The lowest BCUT2D eigenvalue weighted by Gasteiger charge is -2.36. The molecule has 0 radical (unpaired) electrons. The maximum Gasteiger partial charge on any atom is 0.393 e. The second kappa shape index (κ2) is 7.47. The second-order valence-electron chi connectivity index (χ2n) is 6.62. The quantitative estimate of drug-likeness (QED) is 0.846. The van der Waals surface area contributed by atoms with E-state index in [1.807, 2.05) is 13.8 Å². The Morgan fingerprint density at radius 3 is 2.29 bits per heavy atom. The molecule has 1 N–H and O–H groups in total. The normalized spacial score (nSPS) is 25.0. The van der Waals surface area contributed by atoms with E-state index >= 15 is 0 Å². The lowest BCUT2D eigenvalue weighted by atomic mass is 9.83. The summed E-state index contributed by atoms with van der Waals surface area (Å²) >= 11 is 0. The molecule has 0 spiro atoms.